The van der Waals surface area contributed by atoms with Crippen LogP contribution in [0.1, 0.15) is 30.1 Å². The van der Waals surface area contributed by atoms with Crippen LogP contribution < -0.4 is 20.5 Å². The summed E-state index contributed by atoms with van der Waals surface area (Å²) in [5, 5.41) is 9.71. The van der Waals surface area contributed by atoms with Crippen LogP contribution in [0.15, 0.2) is 48.5 Å². The van der Waals surface area contributed by atoms with E-state index < -0.39 is 17.9 Å². The van der Waals surface area contributed by atoms with Gasteiger partial charge in [-0.25, -0.2) is 10.3 Å². The van der Waals surface area contributed by atoms with Gasteiger partial charge < -0.3 is 9.84 Å². The van der Waals surface area contributed by atoms with E-state index in [2.05, 4.69) is 10.9 Å². The second-order valence-corrected chi connectivity index (χ2v) is 6.28. The zero-order valence-corrected chi connectivity index (χ0v) is 15.3. The molecule has 3 rings (SSSR count). The zero-order valence-electron chi connectivity index (χ0n) is 15.3. The molecule has 1 heterocycles. The summed E-state index contributed by atoms with van der Waals surface area (Å²) in [7, 11) is 0. The highest BCUT2D eigenvalue weighted by molar-refractivity contribution is 6.22. The number of phenols is 1. The molecule has 0 radical (unpaired) electrons. The van der Waals surface area contributed by atoms with Crippen molar-refractivity contribution < 1.29 is 24.2 Å². The van der Waals surface area contributed by atoms with Gasteiger partial charge in [-0.05, 0) is 42.8 Å². The van der Waals surface area contributed by atoms with Crippen LogP contribution in [-0.2, 0) is 9.59 Å². The number of hydrogen-bond acceptors (Lipinski definition) is 6. The maximum absolute atomic E-state index is 12.6. The average Bonchev–Trinajstić information content (AvgIpc) is 2.98. The number of benzene rings is 2. The average molecular weight is 383 g/mol. The fraction of sp³-hybridized carbons (Fsp3) is 0.250. The number of ether oxygens (including phenoxy) is 1. The number of hydrazine groups is 1. The van der Waals surface area contributed by atoms with Crippen molar-refractivity contribution in [1.82, 2.24) is 10.9 Å². The van der Waals surface area contributed by atoms with Crippen LogP contribution in [0.3, 0.4) is 0 Å². The second-order valence-electron chi connectivity index (χ2n) is 6.28. The number of carbonyl (C=O) groups is 3. The molecule has 146 valence electrons. The predicted octanol–water partition coefficient (Wildman–Crippen LogP) is 1.75. The van der Waals surface area contributed by atoms with E-state index in [0.717, 1.165) is 11.3 Å². The molecule has 1 saturated heterocycles. The molecule has 0 unspecified atom stereocenters. The van der Waals surface area contributed by atoms with Gasteiger partial charge in [-0.2, -0.15) is 0 Å². The molecule has 1 aliphatic heterocycles. The molecule has 1 atom stereocenters. The van der Waals surface area contributed by atoms with Crippen LogP contribution in [0, 0.1) is 0 Å². The third kappa shape index (κ3) is 4.12. The van der Waals surface area contributed by atoms with Crippen molar-refractivity contribution in [2.75, 3.05) is 11.5 Å². The minimum Gasteiger partial charge on any atom is -0.507 e. The fourth-order valence-electron chi connectivity index (χ4n) is 2.81. The fourth-order valence-corrected chi connectivity index (χ4v) is 2.81. The normalized spacial score (nSPS) is 16.3. The number of anilines is 1. The number of nitrogens with zero attached hydrogens (tertiary/aromatic N) is 1. The summed E-state index contributed by atoms with van der Waals surface area (Å²) in [5.74, 6) is -0.961. The molecular weight excluding hydrogens is 362 g/mol. The third-order valence-electron chi connectivity index (χ3n) is 4.22. The van der Waals surface area contributed by atoms with Gasteiger partial charge in [0, 0.05) is 0 Å². The van der Waals surface area contributed by atoms with Gasteiger partial charge in [0.1, 0.15) is 17.5 Å². The van der Waals surface area contributed by atoms with E-state index in [0.29, 0.717) is 18.0 Å². The Kier molecular flexibility index (Phi) is 5.90. The molecule has 1 fully saturated rings. The SMILES string of the molecule is CCCOc1ccc(N2C(=O)C[C@@H](NNC(=O)c3ccccc3O)C2=O)cc1. The molecule has 2 aromatic carbocycles. The van der Waals surface area contributed by atoms with E-state index in [4.69, 9.17) is 4.74 Å². The Morgan fingerprint density at radius 2 is 1.89 bits per heavy atom. The number of aromatic hydroxyl groups is 1. The van der Waals surface area contributed by atoms with Crippen LogP contribution >= 0.6 is 0 Å². The van der Waals surface area contributed by atoms with E-state index in [9.17, 15) is 19.5 Å². The molecule has 0 aliphatic carbocycles. The largest absolute Gasteiger partial charge is 0.507 e. The summed E-state index contributed by atoms with van der Waals surface area (Å²) in [6.07, 6.45) is 0.790. The number of rotatable bonds is 7. The van der Waals surface area contributed by atoms with Gasteiger partial charge in [-0.1, -0.05) is 19.1 Å². The summed E-state index contributed by atoms with van der Waals surface area (Å²) >= 11 is 0. The van der Waals surface area contributed by atoms with Crippen molar-refractivity contribution in [2.45, 2.75) is 25.8 Å². The molecule has 8 nitrogen and oxygen atoms in total. The monoisotopic (exact) mass is 383 g/mol. The van der Waals surface area contributed by atoms with E-state index in [1.807, 2.05) is 6.92 Å². The molecule has 0 saturated carbocycles. The van der Waals surface area contributed by atoms with Crippen molar-refractivity contribution in [3.63, 3.8) is 0 Å². The zero-order chi connectivity index (χ0) is 20.1. The van der Waals surface area contributed by atoms with Crippen LogP contribution in [0.5, 0.6) is 11.5 Å². The summed E-state index contributed by atoms with van der Waals surface area (Å²) in [4.78, 5) is 38.1. The van der Waals surface area contributed by atoms with E-state index >= 15 is 0 Å². The molecular formula is C20H21N3O5. The molecule has 3 amide bonds. The van der Waals surface area contributed by atoms with E-state index in [-0.39, 0.29) is 23.6 Å². The highest BCUT2D eigenvalue weighted by Gasteiger charge is 2.39. The highest BCUT2D eigenvalue weighted by atomic mass is 16.5. The lowest BCUT2D eigenvalue weighted by Crippen LogP contribution is -2.48. The summed E-state index contributed by atoms with van der Waals surface area (Å²) in [6.45, 7) is 2.59. The number of nitrogens with one attached hydrogen (secondary N) is 2. The first-order valence-electron chi connectivity index (χ1n) is 8.94. The molecule has 0 spiro atoms. The Morgan fingerprint density at radius 1 is 1.18 bits per heavy atom. The molecule has 2 aromatic rings. The van der Waals surface area contributed by atoms with Gasteiger partial charge in [-0.15, -0.1) is 0 Å². The molecule has 0 bridgehead atoms. The van der Waals surface area contributed by atoms with Crippen LogP contribution in [0.2, 0.25) is 0 Å². The quantitative estimate of drug-likeness (QED) is 0.497. The Bertz CT molecular complexity index is 882. The minimum absolute atomic E-state index is 0.0614. The van der Waals surface area contributed by atoms with E-state index in [1.165, 1.54) is 12.1 Å². The number of imide groups is 1. The lowest BCUT2D eigenvalue weighted by Gasteiger charge is -2.16. The Balaban J connectivity index is 1.63. The van der Waals surface area contributed by atoms with Crippen LogP contribution in [0.4, 0.5) is 5.69 Å². The van der Waals surface area contributed by atoms with Gasteiger partial charge in [0.25, 0.3) is 11.8 Å². The first-order valence-corrected chi connectivity index (χ1v) is 8.94. The summed E-state index contributed by atoms with van der Waals surface area (Å²) in [5.41, 5.74) is 5.45. The van der Waals surface area contributed by atoms with Crippen molar-refractivity contribution in [3.8, 4) is 11.5 Å². The number of hydrogen-bond donors (Lipinski definition) is 3. The predicted molar refractivity (Wildman–Crippen MR) is 102 cm³/mol. The third-order valence-corrected chi connectivity index (χ3v) is 4.22. The number of amides is 3. The van der Waals surface area contributed by atoms with Crippen molar-refractivity contribution >= 4 is 23.4 Å². The lowest BCUT2D eigenvalue weighted by atomic mass is 10.2. The van der Waals surface area contributed by atoms with Crippen molar-refractivity contribution in [2.24, 2.45) is 0 Å². The molecule has 28 heavy (non-hydrogen) atoms. The van der Waals surface area contributed by atoms with E-state index in [1.54, 1.807) is 36.4 Å². The van der Waals surface area contributed by atoms with Crippen LogP contribution in [0.25, 0.3) is 0 Å². The van der Waals surface area contributed by atoms with Crippen molar-refractivity contribution in [3.05, 3.63) is 54.1 Å². The first kappa shape index (κ1) is 19.4. The standard InChI is InChI=1S/C20H21N3O5/c1-2-11-28-14-9-7-13(8-10-14)23-18(25)12-16(20(23)27)21-22-19(26)15-5-3-4-6-17(15)24/h3-10,16,21,24H,2,11-12H2,1H3,(H,22,26)/t16-/m1/s1. The Morgan fingerprint density at radius 3 is 2.57 bits per heavy atom. The molecule has 3 N–H and O–H groups in total. The second kappa shape index (κ2) is 8.53. The number of phenolic OH excluding ortho intramolecular Hbond substituents is 1. The Labute approximate surface area is 162 Å². The highest BCUT2D eigenvalue weighted by Crippen LogP contribution is 2.25. The van der Waals surface area contributed by atoms with Gasteiger partial charge in [0.2, 0.25) is 5.91 Å². The Hall–Kier alpha value is -3.39. The molecule has 8 heteroatoms. The topological polar surface area (TPSA) is 108 Å². The maximum atomic E-state index is 12.6. The summed E-state index contributed by atoms with van der Waals surface area (Å²) < 4.78 is 5.50. The van der Waals surface area contributed by atoms with Gasteiger partial charge >= 0.3 is 0 Å². The van der Waals surface area contributed by atoms with Crippen molar-refractivity contribution in [1.29, 1.82) is 0 Å². The smallest absolute Gasteiger partial charge is 0.269 e. The number of carbonyl (C=O) groups excluding carboxylic acids is 3. The van der Waals surface area contributed by atoms with Gasteiger partial charge in [0.15, 0.2) is 0 Å². The first-order chi connectivity index (χ1) is 13.5. The van der Waals surface area contributed by atoms with Gasteiger partial charge in [0.05, 0.1) is 24.3 Å². The molecule has 0 aromatic heterocycles. The maximum Gasteiger partial charge on any atom is 0.269 e. The number of para-hydroxylation sites is 1. The molecule has 1 aliphatic rings. The lowest BCUT2D eigenvalue weighted by molar-refractivity contribution is -0.121. The van der Waals surface area contributed by atoms with Crippen LogP contribution in [-0.4, -0.2) is 35.5 Å². The summed E-state index contributed by atoms with van der Waals surface area (Å²) in [6, 6.07) is 11.8. The minimum atomic E-state index is -0.890. The van der Waals surface area contributed by atoms with Gasteiger partial charge in [-0.3, -0.25) is 19.8 Å².